The molecule has 1 amide bonds. The van der Waals surface area contributed by atoms with Gasteiger partial charge in [-0.1, -0.05) is 41.6 Å². The molecule has 0 radical (unpaired) electrons. The van der Waals surface area contributed by atoms with Crippen molar-refractivity contribution in [3.8, 4) is 0 Å². The zero-order valence-electron chi connectivity index (χ0n) is 17.3. The number of anilines is 1. The summed E-state index contributed by atoms with van der Waals surface area (Å²) < 4.78 is 2.02. The maximum atomic E-state index is 12.2. The standard InChI is InChI=1S/C21H23N5O3S2/c1-3-25-19(13-30-12-16-6-4-15(2)5-7-16)23-24-21(25)31-14-20(27)22-17-8-10-18(11-9-17)26(28)29/h4-11H,3,12-14H2,1-2H3,(H,22,27). The summed E-state index contributed by atoms with van der Waals surface area (Å²) in [7, 11) is 0. The van der Waals surface area contributed by atoms with Crippen molar-refractivity contribution < 1.29 is 9.72 Å². The summed E-state index contributed by atoms with van der Waals surface area (Å²) in [6, 6.07) is 14.2. The van der Waals surface area contributed by atoms with E-state index in [1.807, 2.05) is 11.5 Å². The number of nitro groups is 1. The lowest BCUT2D eigenvalue weighted by molar-refractivity contribution is -0.384. The molecule has 0 fully saturated rings. The molecule has 1 heterocycles. The molecule has 3 rings (SSSR count). The Labute approximate surface area is 189 Å². The second kappa shape index (κ2) is 11.0. The zero-order chi connectivity index (χ0) is 22.2. The van der Waals surface area contributed by atoms with E-state index in [4.69, 9.17) is 0 Å². The van der Waals surface area contributed by atoms with Crippen LogP contribution in [0, 0.1) is 17.0 Å². The monoisotopic (exact) mass is 457 g/mol. The van der Waals surface area contributed by atoms with Crippen LogP contribution in [0.1, 0.15) is 23.9 Å². The highest BCUT2D eigenvalue weighted by atomic mass is 32.2. The minimum Gasteiger partial charge on any atom is -0.325 e. The van der Waals surface area contributed by atoms with Crippen LogP contribution in [0.15, 0.2) is 53.7 Å². The van der Waals surface area contributed by atoms with Crippen LogP contribution >= 0.6 is 23.5 Å². The lowest BCUT2D eigenvalue weighted by Crippen LogP contribution is -2.14. The fourth-order valence-electron chi connectivity index (χ4n) is 2.79. The molecule has 0 saturated carbocycles. The average Bonchev–Trinajstić information content (AvgIpc) is 3.16. The minimum absolute atomic E-state index is 0.0174. The van der Waals surface area contributed by atoms with Crippen molar-refractivity contribution >= 4 is 40.8 Å². The van der Waals surface area contributed by atoms with Crippen LogP contribution in [0.4, 0.5) is 11.4 Å². The summed E-state index contributed by atoms with van der Waals surface area (Å²) in [5.41, 5.74) is 3.02. The Balaban J connectivity index is 1.50. The van der Waals surface area contributed by atoms with Gasteiger partial charge in [-0.3, -0.25) is 14.9 Å². The van der Waals surface area contributed by atoms with Crippen molar-refractivity contribution in [2.75, 3.05) is 11.1 Å². The third-order valence-electron chi connectivity index (χ3n) is 4.42. The third kappa shape index (κ3) is 6.56. The SMILES string of the molecule is CCn1c(CSCc2ccc(C)cc2)nnc1SCC(=O)Nc1ccc([N+](=O)[O-])cc1. The fourth-order valence-corrected chi connectivity index (χ4v) is 4.54. The first-order valence-electron chi connectivity index (χ1n) is 9.68. The van der Waals surface area contributed by atoms with Crippen LogP contribution in [-0.4, -0.2) is 31.3 Å². The number of nitrogens with one attached hydrogen (secondary N) is 1. The Kier molecular flexibility index (Phi) is 8.07. The smallest absolute Gasteiger partial charge is 0.269 e. The van der Waals surface area contributed by atoms with Gasteiger partial charge in [0.05, 0.1) is 16.4 Å². The van der Waals surface area contributed by atoms with Gasteiger partial charge in [-0.15, -0.1) is 22.0 Å². The molecule has 10 heteroatoms. The van der Waals surface area contributed by atoms with Crippen molar-refractivity contribution in [3.05, 3.63) is 75.6 Å². The maximum Gasteiger partial charge on any atom is 0.269 e. The molecule has 0 atom stereocenters. The van der Waals surface area contributed by atoms with Crippen molar-refractivity contribution in [1.82, 2.24) is 14.8 Å². The summed E-state index contributed by atoms with van der Waals surface area (Å²) in [6.45, 7) is 4.82. The molecule has 0 aliphatic rings. The van der Waals surface area contributed by atoms with Crippen molar-refractivity contribution in [2.45, 2.75) is 37.1 Å². The first-order chi connectivity index (χ1) is 15.0. The van der Waals surface area contributed by atoms with E-state index in [-0.39, 0.29) is 17.3 Å². The number of nitrogens with zero attached hydrogens (tertiary/aromatic N) is 4. The Bertz CT molecular complexity index is 1040. The molecule has 2 aromatic carbocycles. The normalized spacial score (nSPS) is 10.8. The van der Waals surface area contributed by atoms with Crippen molar-refractivity contribution in [2.24, 2.45) is 0 Å². The number of aryl methyl sites for hydroxylation is 1. The molecule has 1 aromatic heterocycles. The molecule has 0 bridgehead atoms. The predicted molar refractivity (Wildman–Crippen MR) is 124 cm³/mol. The summed E-state index contributed by atoms with van der Waals surface area (Å²) in [4.78, 5) is 22.5. The molecule has 0 aliphatic carbocycles. The largest absolute Gasteiger partial charge is 0.325 e. The number of carbonyl (C=O) groups is 1. The van der Waals surface area contributed by atoms with Gasteiger partial charge < -0.3 is 9.88 Å². The molecule has 3 aromatic rings. The van der Waals surface area contributed by atoms with Gasteiger partial charge in [0, 0.05) is 30.1 Å². The van der Waals surface area contributed by atoms with Gasteiger partial charge >= 0.3 is 0 Å². The number of benzene rings is 2. The summed E-state index contributed by atoms with van der Waals surface area (Å²) in [5, 5.41) is 22.7. The first kappa shape index (κ1) is 22.8. The lowest BCUT2D eigenvalue weighted by atomic mass is 10.2. The van der Waals surface area contributed by atoms with E-state index in [2.05, 4.69) is 46.7 Å². The van der Waals surface area contributed by atoms with Gasteiger partial charge in [0.1, 0.15) is 5.82 Å². The summed E-state index contributed by atoms with van der Waals surface area (Å²) >= 11 is 3.10. The number of aromatic nitrogens is 3. The highest BCUT2D eigenvalue weighted by Gasteiger charge is 2.14. The van der Waals surface area contributed by atoms with E-state index in [1.165, 1.54) is 47.2 Å². The van der Waals surface area contributed by atoms with E-state index in [0.29, 0.717) is 10.8 Å². The minimum atomic E-state index is -0.477. The fraction of sp³-hybridized carbons (Fsp3) is 0.286. The van der Waals surface area contributed by atoms with Gasteiger partial charge in [-0.05, 0) is 31.5 Å². The Hall–Kier alpha value is -2.85. The second-order valence-electron chi connectivity index (χ2n) is 6.76. The van der Waals surface area contributed by atoms with Crippen LogP contribution in [0.2, 0.25) is 0 Å². The van der Waals surface area contributed by atoms with Gasteiger partial charge in [0.15, 0.2) is 5.16 Å². The van der Waals surface area contributed by atoms with Gasteiger partial charge in [-0.2, -0.15) is 0 Å². The molecule has 1 N–H and O–H groups in total. The number of nitro benzene ring substituents is 1. The Morgan fingerprint density at radius 3 is 2.45 bits per heavy atom. The molecular formula is C21H23N5O3S2. The number of amides is 1. The predicted octanol–water partition coefficient (Wildman–Crippen LogP) is 4.68. The molecule has 0 unspecified atom stereocenters. The van der Waals surface area contributed by atoms with Gasteiger partial charge in [0.25, 0.3) is 5.69 Å². The van der Waals surface area contributed by atoms with E-state index in [1.54, 1.807) is 11.8 Å². The first-order valence-corrected chi connectivity index (χ1v) is 11.8. The highest BCUT2D eigenvalue weighted by Crippen LogP contribution is 2.22. The molecular weight excluding hydrogens is 434 g/mol. The number of hydrogen-bond donors (Lipinski definition) is 1. The third-order valence-corrected chi connectivity index (χ3v) is 6.39. The lowest BCUT2D eigenvalue weighted by Gasteiger charge is -2.08. The Morgan fingerprint density at radius 1 is 1.10 bits per heavy atom. The molecule has 0 saturated heterocycles. The van der Waals surface area contributed by atoms with E-state index in [9.17, 15) is 14.9 Å². The molecule has 8 nitrogen and oxygen atoms in total. The topological polar surface area (TPSA) is 103 Å². The van der Waals surface area contributed by atoms with Crippen molar-refractivity contribution in [3.63, 3.8) is 0 Å². The summed E-state index contributed by atoms with van der Waals surface area (Å²) in [5.74, 6) is 2.49. The van der Waals surface area contributed by atoms with Crippen LogP contribution in [0.25, 0.3) is 0 Å². The van der Waals surface area contributed by atoms with Gasteiger partial charge in [-0.25, -0.2) is 0 Å². The maximum absolute atomic E-state index is 12.2. The average molecular weight is 458 g/mol. The van der Waals surface area contributed by atoms with Crippen LogP contribution < -0.4 is 5.32 Å². The van der Waals surface area contributed by atoms with E-state index >= 15 is 0 Å². The second-order valence-corrected chi connectivity index (χ2v) is 8.69. The molecule has 0 aliphatic heterocycles. The number of hydrogen-bond acceptors (Lipinski definition) is 7. The molecule has 0 spiro atoms. The molecule has 31 heavy (non-hydrogen) atoms. The zero-order valence-corrected chi connectivity index (χ0v) is 18.9. The quantitative estimate of drug-likeness (QED) is 0.268. The van der Waals surface area contributed by atoms with Crippen molar-refractivity contribution in [1.29, 1.82) is 0 Å². The van der Waals surface area contributed by atoms with Crippen LogP contribution in [0.5, 0.6) is 0 Å². The number of non-ortho nitro benzene ring substituents is 1. The summed E-state index contributed by atoms with van der Waals surface area (Å²) in [6.07, 6.45) is 0. The van der Waals surface area contributed by atoms with Crippen LogP contribution in [-0.2, 0) is 22.8 Å². The van der Waals surface area contributed by atoms with E-state index < -0.39 is 4.92 Å². The molecule has 162 valence electrons. The van der Waals surface area contributed by atoms with Gasteiger partial charge in [0.2, 0.25) is 5.91 Å². The number of carbonyl (C=O) groups excluding carboxylic acids is 1. The highest BCUT2D eigenvalue weighted by molar-refractivity contribution is 7.99. The Morgan fingerprint density at radius 2 is 1.81 bits per heavy atom. The van der Waals surface area contributed by atoms with Crippen LogP contribution in [0.3, 0.4) is 0 Å². The van der Waals surface area contributed by atoms with E-state index in [0.717, 1.165) is 23.9 Å². The number of thioether (sulfide) groups is 2. The number of rotatable bonds is 10.